The van der Waals surface area contributed by atoms with Crippen LogP contribution in [0.25, 0.3) is 0 Å². The van der Waals surface area contributed by atoms with Gasteiger partial charge in [0.15, 0.2) is 0 Å². The molecule has 0 unspecified atom stereocenters. The zero-order chi connectivity index (χ0) is 18.4. The Labute approximate surface area is 142 Å². The quantitative estimate of drug-likeness (QED) is 0.436. The minimum Gasteiger partial charge on any atom is -0.351 e. The average molecular weight is 367 g/mol. The number of non-ortho nitro benzene ring substituents is 1. The third-order valence-electron chi connectivity index (χ3n) is 3.18. The lowest BCUT2D eigenvalue weighted by molar-refractivity contribution is -0.384. The number of halogens is 1. The molecule has 2 aromatic carbocycles. The van der Waals surface area contributed by atoms with Gasteiger partial charge < -0.3 is 5.32 Å². The second-order valence-electron chi connectivity index (χ2n) is 4.88. The van der Waals surface area contributed by atoms with Gasteiger partial charge in [-0.3, -0.25) is 14.9 Å². The van der Waals surface area contributed by atoms with Gasteiger partial charge >= 0.3 is 0 Å². The number of hydrogen-bond donors (Lipinski definition) is 2. The Balaban J connectivity index is 1.89. The summed E-state index contributed by atoms with van der Waals surface area (Å²) in [6, 6.07) is 9.79. The van der Waals surface area contributed by atoms with E-state index in [9.17, 15) is 27.7 Å². The number of hydrogen-bond acceptors (Lipinski definition) is 5. The maximum Gasteiger partial charge on any atom is 0.269 e. The molecule has 1 amide bonds. The SMILES string of the molecule is O=C(NCCNS(=O)(=O)c1ccc([N+](=O)[O-])cc1)c1ccccc1F. The average Bonchev–Trinajstić information content (AvgIpc) is 2.59. The highest BCUT2D eigenvalue weighted by Crippen LogP contribution is 2.15. The topological polar surface area (TPSA) is 118 Å². The van der Waals surface area contributed by atoms with Crippen LogP contribution in [0.5, 0.6) is 0 Å². The fraction of sp³-hybridized carbons (Fsp3) is 0.133. The Hall–Kier alpha value is -2.85. The molecule has 2 rings (SSSR count). The molecule has 0 aliphatic heterocycles. The smallest absolute Gasteiger partial charge is 0.269 e. The second-order valence-corrected chi connectivity index (χ2v) is 6.65. The maximum atomic E-state index is 13.4. The van der Waals surface area contributed by atoms with Crippen molar-refractivity contribution < 1.29 is 22.5 Å². The molecule has 25 heavy (non-hydrogen) atoms. The van der Waals surface area contributed by atoms with Gasteiger partial charge in [0.05, 0.1) is 15.4 Å². The molecular weight excluding hydrogens is 353 g/mol. The number of nitrogens with zero attached hydrogens (tertiary/aromatic N) is 1. The molecule has 0 radical (unpaired) electrons. The van der Waals surface area contributed by atoms with Crippen LogP contribution in [0, 0.1) is 15.9 Å². The Bertz CT molecular complexity index is 884. The molecule has 0 bridgehead atoms. The monoisotopic (exact) mass is 367 g/mol. The van der Waals surface area contributed by atoms with Crippen molar-refractivity contribution in [1.29, 1.82) is 0 Å². The maximum absolute atomic E-state index is 13.4. The van der Waals surface area contributed by atoms with Crippen LogP contribution in [0.15, 0.2) is 53.4 Å². The van der Waals surface area contributed by atoms with Crippen LogP contribution in [-0.2, 0) is 10.0 Å². The molecule has 0 saturated heterocycles. The van der Waals surface area contributed by atoms with Crippen molar-refractivity contribution in [2.75, 3.05) is 13.1 Å². The molecule has 132 valence electrons. The molecular formula is C15H14FN3O5S. The Morgan fingerprint density at radius 3 is 2.32 bits per heavy atom. The van der Waals surface area contributed by atoms with Crippen molar-refractivity contribution in [1.82, 2.24) is 10.0 Å². The minimum absolute atomic E-state index is 0.0562. The lowest BCUT2D eigenvalue weighted by Crippen LogP contribution is -2.35. The first kappa shape index (κ1) is 18.5. The summed E-state index contributed by atoms with van der Waals surface area (Å²) in [5.74, 6) is -1.33. The first-order valence-electron chi connectivity index (χ1n) is 7.08. The molecule has 0 aliphatic rings. The van der Waals surface area contributed by atoms with Crippen molar-refractivity contribution in [3.8, 4) is 0 Å². The van der Waals surface area contributed by atoms with Gasteiger partial charge in [0.1, 0.15) is 5.82 Å². The highest BCUT2D eigenvalue weighted by Gasteiger charge is 2.16. The number of rotatable bonds is 7. The van der Waals surface area contributed by atoms with E-state index in [-0.39, 0.29) is 29.2 Å². The van der Waals surface area contributed by atoms with E-state index in [0.717, 1.165) is 30.3 Å². The number of benzene rings is 2. The number of sulfonamides is 1. The van der Waals surface area contributed by atoms with Crippen LogP contribution in [0.3, 0.4) is 0 Å². The zero-order valence-electron chi connectivity index (χ0n) is 12.8. The summed E-state index contributed by atoms with van der Waals surface area (Å²) in [5, 5.41) is 12.9. The number of carbonyl (C=O) groups is 1. The van der Waals surface area contributed by atoms with Gasteiger partial charge in [-0.25, -0.2) is 17.5 Å². The molecule has 0 saturated carbocycles. The van der Waals surface area contributed by atoms with Gasteiger partial charge in [0, 0.05) is 25.2 Å². The molecule has 8 nitrogen and oxygen atoms in total. The van der Waals surface area contributed by atoms with E-state index in [1.807, 2.05) is 0 Å². The predicted octanol–water partition coefficient (Wildman–Crippen LogP) is 1.44. The third kappa shape index (κ3) is 4.81. The highest BCUT2D eigenvalue weighted by atomic mass is 32.2. The van der Waals surface area contributed by atoms with E-state index in [2.05, 4.69) is 10.0 Å². The molecule has 0 spiro atoms. The molecule has 0 heterocycles. The number of nitro groups is 1. The molecule has 2 aromatic rings. The van der Waals surface area contributed by atoms with Gasteiger partial charge in [-0.1, -0.05) is 12.1 Å². The van der Waals surface area contributed by atoms with Gasteiger partial charge in [0.2, 0.25) is 10.0 Å². The Morgan fingerprint density at radius 1 is 1.08 bits per heavy atom. The Kier molecular flexibility index (Phi) is 5.78. The predicted molar refractivity (Wildman–Crippen MR) is 87.0 cm³/mol. The van der Waals surface area contributed by atoms with Crippen LogP contribution < -0.4 is 10.0 Å². The van der Waals surface area contributed by atoms with Crippen LogP contribution in [0.4, 0.5) is 10.1 Å². The minimum atomic E-state index is -3.87. The zero-order valence-corrected chi connectivity index (χ0v) is 13.6. The van der Waals surface area contributed by atoms with Crippen LogP contribution in [0.1, 0.15) is 10.4 Å². The number of carbonyl (C=O) groups excluding carboxylic acids is 1. The first-order valence-corrected chi connectivity index (χ1v) is 8.56. The van der Waals surface area contributed by atoms with E-state index in [1.165, 1.54) is 18.2 Å². The van der Waals surface area contributed by atoms with Crippen LogP contribution in [0.2, 0.25) is 0 Å². The Morgan fingerprint density at radius 2 is 1.72 bits per heavy atom. The summed E-state index contributed by atoms with van der Waals surface area (Å²) >= 11 is 0. The standard InChI is InChI=1S/C15H14FN3O5S/c16-14-4-2-1-3-13(14)15(20)17-9-10-18-25(23,24)12-7-5-11(6-8-12)19(21)22/h1-8,18H,9-10H2,(H,17,20). The fourth-order valence-electron chi connectivity index (χ4n) is 1.93. The number of nitro benzene ring substituents is 1. The lowest BCUT2D eigenvalue weighted by atomic mass is 10.2. The van der Waals surface area contributed by atoms with E-state index < -0.39 is 26.7 Å². The van der Waals surface area contributed by atoms with Crippen molar-refractivity contribution in [2.45, 2.75) is 4.90 Å². The van der Waals surface area contributed by atoms with Gasteiger partial charge in [-0.05, 0) is 24.3 Å². The van der Waals surface area contributed by atoms with Crippen LogP contribution >= 0.6 is 0 Å². The molecule has 0 aromatic heterocycles. The summed E-state index contributed by atoms with van der Waals surface area (Å²) in [5.41, 5.74) is -0.364. The molecule has 0 fully saturated rings. The van der Waals surface area contributed by atoms with E-state index in [1.54, 1.807) is 0 Å². The summed E-state index contributed by atoms with van der Waals surface area (Å²) in [4.78, 5) is 21.5. The van der Waals surface area contributed by atoms with Crippen LogP contribution in [-0.4, -0.2) is 32.3 Å². The summed E-state index contributed by atoms with van der Waals surface area (Å²) < 4.78 is 39.7. The van der Waals surface area contributed by atoms with E-state index >= 15 is 0 Å². The van der Waals surface area contributed by atoms with Crippen molar-refractivity contribution in [2.24, 2.45) is 0 Å². The van der Waals surface area contributed by atoms with Crippen molar-refractivity contribution in [3.05, 3.63) is 70.0 Å². The number of nitrogens with one attached hydrogen (secondary N) is 2. The summed E-state index contributed by atoms with van der Waals surface area (Å²) in [6.07, 6.45) is 0. The first-order chi connectivity index (χ1) is 11.8. The lowest BCUT2D eigenvalue weighted by Gasteiger charge is -2.08. The van der Waals surface area contributed by atoms with E-state index in [0.29, 0.717) is 0 Å². The third-order valence-corrected chi connectivity index (χ3v) is 4.66. The molecule has 0 aliphatic carbocycles. The number of amides is 1. The van der Waals surface area contributed by atoms with Crippen molar-refractivity contribution in [3.63, 3.8) is 0 Å². The molecule has 2 N–H and O–H groups in total. The summed E-state index contributed by atoms with van der Waals surface area (Å²) in [7, 11) is -3.87. The highest BCUT2D eigenvalue weighted by molar-refractivity contribution is 7.89. The van der Waals surface area contributed by atoms with E-state index in [4.69, 9.17) is 0 Å². The molecule has 0 atom stereocenters. The van der Waals surface area contributed by atoms with Gasteiger partial charge in [-0.15, -0.1) is 0 Å². The fourth-order valence-corrected chi connectivity index (χ4v) is 2.96. The van der Waals surface area contributed by atoms with Crippen molar-refractivity contribution >= 4 is 21.6 Å². The summed E-state index contributed by atoms with van der Waals surface area (Å²) in [6.45, 7) is -0.182. The normalized spacial score (nSPS) is 11.1. The largest absolute Gasteiger partial charge is 0.351 e. The second kappa shape index (κ2) is 7.81. The van der Waals surface area contributed by atoms with Gasteiger partial charge in [0.25, 0.3) is 11.6 Å². The molecule has 10 heteroatoms. The van der Waals surface area contributed by atoms with Gasteiger partial charge in [-0.2, -0.15) is 0 Å².